The molecular weight excluding hydrogens is 512 g/mol. The Labute approximate surface area is 230 Å². The number of anilines is 1. The molecule has 4 aromatic rings. The largest absolute Gasteiger partial charge is 0.503 e. The van der Waals surface area contributed by atoms with Crippen molar-refractivity contribution >= 4 is 28.7 Å². The van der Waals surface area contributed by atoms with Crippen LogP contribution in [0, 0.1) is 6.92 Å². The Bertz CT molecular complexity index is 1620. The number of ketones is 1. The third kappa shape index (κ3) is 4.27. The number of aliphatic hydroxyl groups is 1. The maximum absolute atomic E-state index is 14.1. The van der Waals surface area contributed by atoms with E-state index in [0.717, 1.165) is 11.1 Å². The smallest absolute Gasteiger partial charge is 0.294 e. The zero-order valence-electron chi connectivity index (χ0n) is 21.7. The second-order valence-electron chi connectivity index (χ2n) is 9.83. The van der Waals surface area contributed by atoms with Crippen molar-refractivity contribution in [2.45, 2.75) is 32.7 Å². The molecule has 0 aliphatic carbocycles. The van der Waals surface area contributed by atoms with E-state index in [2.05, 4.69) is 18.8 Å². The number of aryl methyl sites for hydroxylation is 1. The van der Waals surface area contributed by atoms with Gasteiger partial charge in [0.15, 0.2) is 17.3 Å². The van der Waals surface area contributed by atoms with Crippen molar-refractivity contribution in [2.24, 2.45) is 0 Å². The molecular formula is C31H26N2O5S. The first-order valence-corrected chi connectivity index (χ1v) is 13.5. The van der Waals surface area contributed by atoms with Gasteiger partial charge >= 0.3 is 0 Å². The van der Waals surface area contributed by atoms with Crippen molar-refractivity contribution in [3.63, 3.8) is 0 Å². The number of carbonyl (C=O) groups is 2. The summed E-state index contributed by atoms with van der Waals surface area (Å²) in [6.45, 7) is 6.07. The van der Waals surface area contributed by atoms with Crippen LogP contribution in [0.2, 0.25) is 0 Å². The first-order valence-electron chi connectivity index (χ1n) is 12.7. The number of carbonyl (C=O) groups excluding carboxylic acids is 2. The number of ether oxygens (including phenoxy) is 2. The van der Waals surface area contributed by atoms with Crippen LogP contribution in [0.4, 0.5) is 5.69 Å². The normalized spacial score (nSPS) is 16.5. The van der Waals surface area contributed by atoms with Crippen molar-refractivity contribution in [1.82, 2.24) is 4.98 Å². The van der Waals surface area contributed by atoms with E-state index in [9.17, 15) is 14.7 Å². The van der Waals surface area contributed by atoms with Crippen LogP contribution >= 0.6 is 11.3 Å². The zero-order valence-corrected chi connectivity index (χ0v) is 22.5. The lowest BCUT2D eigenvalue weighted by Gasteiger charge is -2.27. The van der Waals surface area contributed by atoms with Crippen LogP contribution in [-0.4, -0.2) is 28.6 Å². The highest BCUT2D eigenvalue weighted by Crippen LogP contribution is 2.45. The van der Waals surface area contributed by atoms with Crippen molar-refractivity contribution in [2.75, 3.05) is 11.7 Å². The maximum atomic E-state index is 14.1. The Hall–Kier alpha value is -4.43. The number of nitrogens with zero attached hydrogens (tertiary/aromatic N) is 2. The van der Waals surface area contributed by atoms with Crippen LogP contribution < -0.4 is 14.4 Å². The number of hydrogen-bond acceptors (Lipinski definition) is 7. The number of fused-ring (bicyclic) bond motifs is 1. The Morgan fingerprint density at radius 2 is 1.74 bits per heavy atom. The van der Waals surface area contributed by atoms with Crippen LogP contribution in [0.3, 0.4) is 0 Å². The quantitative estimate of drug-likeness (QED) is 0.273. The minimum Gasteiger partial charge on any atom is -0.503 e. The highest BCUT2D eigenvalue weighted by Gasteiger charge is 2.45. The number of hydrogen-bond donors (Lipinski definition) is 1. The van der Waals surface area contributed by atoms with Gasteiger partial charge in [0.2, 0.25) is 12.6 Å². The van der Waals surface area contributed by atoms with Gasteiger partial charge < -0.3 is 14.6 Å². The van der Waals surface area contributed by atoms with Gasteiger partial charge in [-0.3, -0.25) is 14.5 Å². The summed E-state index contributed by atoms with van der Waals surface area (Å²) in [5.41, 5.74) is 3.80. The summed E-state index contributed by atoms with van der Waals surface area (Å²) in [6, 6.07) is 21.7. The molecule has 2 aliphatic heterocycles. The lowest BCUT2D eigenvalue weighted by Crippen LogP contribution is -2.31. The molecule has 1 unspecified atom stereocenters. The van der Waals surface area contributed by atoms with Gasteiger partial charge in [0, 0.05) is 17.3 Å². The molecule has 3 heterocycles. The third-order valence-electron chi connectivity index (χ3n) is 7.03. The zero-order chi connectivity index (χ0) is 27.3. The summed E-state index contributed by atoms with van der Waals surface area (Å²) >= 11 is 1.26. The second-order valence-corrected chi connectivity index (χ2v) is 10.8. The molecule has 0 saturated carbocycles. The number of aromatic nitrogens is 1. The van der Waals surface area contributed by atoms with Gasteiger partial charge in [0.05, 0.1) is 22.2 Å². The summed E-state index contributed by atoms with van der Waals surface area (Å²) in [6.07, 6.45) is 0. The Balaban J connectivity index is 1.46. The molecule has 2 aliphatic rings. The SMILES string of the molecule is Cc1nc(-c2ccccc2)sc1C(=O)C1=C(O)C(=O)N(c2ccc3c(c2)OCO3)C1c1ccc(C(C)C)cc1. The summed E-state index contributed by atoms with van der Waals surface area (Å²) in [5, 5.41) is 11.9. The molecule has 0 spiro atoms. The van der Waals surface area contributed by atoms with Crippen LogP contribution in [-0.2, 0) is 4.79 Å². The maximum Gasteiger partial charge on any atom is 0.294 e. The van der Waals surface area contributed by atoms with Crippen molar-refractivity contribution in [3.05, 3.63) is 106 Å². The standard InChI is InChI=1S/C31H26N2O5S/c1-17(2)19-9-11-20(12-10-19)26-25(27(34)29-18(3)32-30(39-29)21-7-5-4-6-8-21)28(35)31(36)33(26)22-13-14-23-24(15-22)38-16-37-23/h4-15,17,26,35H,16H2,1-3H3. The van der Waals surface area contributed by atoms with E-state index in [0.29, 0.717) is 44.2 Å². The predicted molar refractivity (Wildman–Crippen MR) is 150 cm³/mol. The number of amides is 1. The Morgan fingerprint density at radius 1 is 1.03 bits per heavy atom. The van der Waals surface area contributed by atoms with E-state index < -0.39 is 23.5 Å². The van der Waals surface area contributed by atoms with Gasteiger partial charge in [-0.15, -0.1) is 11.3 Å². The number of benzene rings is 3. The Kier molecular flexibility index (Phi) is 6.19. The fourth-order valence-corrected chi connectivity index (χ4v) is 5.98. The highest BCUT2D eigenvalue weighted by molar-refractivity contribution is 7.17. The van der Waals surface area contributed by atoms with E-state index >= 15 is 0 Å². The first-order chi connectivity index (χ1) is 18.8. The number of aliphatic hydroxyl groups excluding tert-OH is 1. The van der Waals surface area contributed by atoms with Crippen molar-refractivity contribution in [1.29, 1.82) is 0 Å². The molecule has 196 valence electrons. The minimum absolute atomic E-state index is 0.0290. The molecule has 1 aromatic heterocycles. The topological polar surface area (TPSA) is 89.0 Å². The van der Waals surface area contributed by atoms with Gasteiger partial charge in [0.25, 0.3) is 5.91 Å². The Morgan fingerprint density at radius 3 is 2.46 bits per heavy atom. The molecule has 39 heavy (non-hydrogen) atoms. The molecule has 1 amide bonds. The number of Topliss-reactive ketones (excluding diaryl/α,β-unsaturated/α-hetero) is 1. The van der Waals surface area contributed by atoms with Crippen LogP contribution in [0.1, 0.15) is 52.3 Å². The molecule has 0 bridgehead atoms. The van der Waals surface area contributed by atoms with E-state index in [1.807, 2.05) is 54.6 Å². The van der Waals surface area contributed by atoms with E-state index in [4.69, 9.17) is 9.47 Å². The summed E-state index contributed by atoms with van der Waals surface area (Å²) < 4.78 is 11.0. The second kappa shape index (κ2) is 9.71. The summed E-state index contributed by atoms with van der Waals surface area (Å²) in [4.78, 5) is 34.2. The van der Waals surface area contributed by atoms with E-state index in [1.165, 1.54) is 16.2 Å². The average Bonchev–Trinajstić information content (AvgIpc) is 3.65. The van der Waals surface area contributed by atoms with Gasteiger partial charge in [-0.2, -0.15) is 0 Å². The van der Waals surface area contributed by atoms with Crippen LogP contribution in [0.15, 0.2) is 84.1 Å². The van der Waals surface area contributed by atoms with Gasteiger partial charge in [0.1, 0.15) is 5.01 Å². The highest BCUT2D eigenvalue weighted by atomic mass is 32.1. The molecule has 1 N–H and O–H groups in total. The molecule has 8 heteroatoms. The van der Waals surface area contributed by atoms with Crippen LogP contribution in [0.25, 0.3) is 10.6 Å². The molecule has 7 nitrogen and oxygen atoms in total. The van der Waals surface area contributed by atoms with Gasteiger partial charge in [-0.05, 0) is 36.1 Å². The number of rotatable bonds is 6. The summed E-state index contributed by atoms with van der Waals surface area (Å²) in [5.74, 6) is -0.246. The molecule has 0 saturated heterocycles. The van der Waals surface area contributed by atoms with Gasteiger partial charge in [-0.1, -0.05) is 68.4 Å². The van der Waals surface area contributed by atoms with E-state index in [1.54, 1.807) is 25.1 Å². The molecule has 0 radical (unpaired) electrons. The molecule has 6 rings (SSSR count). The van der Waals surface area contributed by atoms with Crippen LogP contribution in [0.5, 0.6) is 11.5 Å². The van der Waals surface area contributed by atoms with Crippen molar-refractivity contribution in [3.8, 4) is 22.1 Å². The third-order valence-corrected chi connectivity index (χ3v) is 8.23. The fourth-order valence-electron chi connectivity index (χ4n) is 4.95. The fraction of sp³-hybridized carbons (Fsp3) is 0.194. The lowest BCUT2D eigenvalue weighted by atomic mass is 9.92. The molecule has 1 atom stereocenters. The van der Waals surface area contributed by atoms with Crippen molar-refractivity contribution < 1.29 is 24.2 Å². The first kappa shape index (κ1) is 24.9. The van der Waals surface area contributed by atoms with E-state index in [-0.39, 0.29) is 12.4 Å². The molecule has 3 aromatic carbocycles. The average molecular weight is 539 g/mol. The van der Waals surface area contributed by atoms with Gasteiger partial charge in [-0.25, -0.2) is 4.98 Å². The summed E-state index contributed by atoms with van der Waals surface area (Å²) in [7, 11) is 0. The molecule has 0 fully saturated rings. The lowest BCUT2D eigenvalue weighted by molar-refractivity contribution is -0.117. The predicted octanol–water partition coefficient (Wildman–Crippen LogP) is 6.75. The number of thiazole rings is 1. The minimum atomic E-state index is -0.840. The monoisotopic (exact) mass is 538 g/mol.